The molecule has 0 saturated carbocycles. The molecule has 1 aliphatic rings. The second-order valence-electron chi connectivity index (χ2n) is 3.86. The number of aliphatic carboxylic acids is 1. The molecule has 1 aliphatic heterocycles. The number of carboxylic acid groups (broad SMARTS) is 1. The summed E-state index contributed by atoms with van der Waals surface area (Å²) < 4.78 is 10.3. The average Bonchev–Trinajstić information content (AvgIpc) is 2.28. The fraction of sp³-hybridized carbons (Fsp3) is 0.800. The third-order valence-electron chi connectivity index (χ3n) is 2.62. The molecule has 6 heteroatoms. The Balaban J connectivity index is 2.40. The van der Waals surface area contributed by atoms with Crippen molar-refractivity contribution in [1.82, 2.24) is 5.32 Å². The van der Waals surface area contributed by atoms with E-state index in [0.29, 0.717) is 13.2 Å². The van der Waals surface area contributed by atoms with E-state index >= 15 is 0 Å². The van der Waals surface area contributed by atoms with Crippen molar-refractivity contribution in [2.24, 2.45) is 5.92 Å². The molecule has 0 aromatic carbocycles. The van der Waals surface area contributed by atoms with Crippen LogP contribution in [0.2, 0.25) is 0 Å². The van der Waals surface area contributed by atoms with Gasteiger partial charge in [-0.3, -0.25) is 9.59 Å². The number of amides is 1. The van der Waals surface area contributed by atoms with E-state index in [9.17, 15) is 9.59 Å². The topological polar surface area (TPSA) is 84.9 Å². The molecule has 0 aromatic heterocycles. The summed E-state index contributed by atoms with van der Waals surface area (Å²) in [7, 11) is 0. The summed E-state index contributed by atoms with van der Waals surface area (Å²) in [6, 6.07) is -0.435. The number of carbonyl (C=O) groups is 2. The van der Waals surface area contributed by atoms with Crippen molar-refractivity contribution in [3.05, 3.63) is 0 Å². The Kier molecular flexibility index (Phi) is 4.70. The third-order valence-corrected chi connectivity index (χ3v) is 2.62. The van der Waals surface area contributed by atoms with Crippen LogP contribution in [0.1, 0.15) is 13.8 Å². The Morgan fingerprint density at radius 1 is 1.38 bits per heavy atom. The van der Waals surface area contributed by atoms with Crippen molar-refractivity contribution in [2.45, 2.75) is 26.0 Å². The van der Waals surface area contributed by atoms with Crippen molar-refractivity contribution >= 4 is 11.9 Å². The van der Waals surface area contributed by atoms with Crippen LogP contribution in [0.3, 0.4) is 0 Å². The summed E-state index contributed by atoms with van der Waals surface area (Å²) in [6.07, 6.45) is -0.628. The van der Waals surface area contributed by atoms with E-state index in [4.69, 9.17) is 14.6 Å². The number of nitrogens with one attached hydrogen (secondary N) is 1. The molecule has 0 bridgehead atoms. The van der Waals surface area contributed by atoms with Gasteiger partial charge in [-0.15, -0.1) is 0 Å². The minimum atomic E-state index is -0.936. The lowest BCUT2D eigenvalue weighted by Gasteiger charge is -2.25. The highest BCUT2D eigenvalue weighted by Gasteiger charge is 2.27. The second-order valence-corrected chi connectivity index (χ2v) is 3.86. The highest BCUT2D eigenvalue weighted by atomic mass is 16.6. The Labute approximate surface area is 93.9 Å². The van der Waals surface area contributed by atoms with Gasteiger partial charge in [0.25, 0.3) is 5.91 Å². The van der Waals surface area contributed by atoms with Crippen LogP contribution in [0.5, 0.6) is 0 Å². The van der Waals surface area contributed by atoms with Gasteiger partial charge in [0, 0.05) is 6.04 Å². The number of ether oxygens (including phenoxy) is 2. The Bertz CT molecular complexity index is 262. The van der Waals surface area contributed by atoms with Gasteiger partial charge in [-0.2, -0.15) is 0 Å². The average molecular weight is 231 g/mol. The van der Waals surface area contributed by atoms with Crippen molar-refractivity contribution in [2.75, 3.05) is 19.8 Å². The molecule has 0 aromatic rings. The van der Waals surface area contributed by atoms with Crippen LogP contribution in [0, 0.1) is 5.92 Å². The molecule has 3 atom stereocenters. The molecule has 0 spiro atoms. The standard InChI is InChI=1S/C10H17NO5/c1-6(10(13)14)7(2)11-9(12)8-5-15-3-4-16-8/h6-8H,3-5H2,1-2H3,(H,11,12)(H,13,14). The quantitative estimate of drug-likeness (QED) is 0.689. The van der Waals surface area contributed by atoms with E-state index in [1.807, 2.05) is 0 Å². The summed E-state index contributed by atoms with van der Waals surface area (Å²) in [5.74, 6) is -1.89. The number of carboxylic acids is 1. The van der Waals surface area contributed by atoms with E-state index in [2.05, 4.69) is 5.32 Å². The molecule has 16 heavy (non-hydrogen) atoms. The molecular weight excluding hydrogens is 214 g/mol. The lowest BCUT2D eigenvalue weighted by atomic mass is 10.0. The maximum Gasteiger partial charge on any atom is 0.308 e. The lowest BCUT2D eigenvalue weighted by Crippen LogP contribution is -2.48. The lowest BCUT2D eigenvalue weighted by molar-refractivity contribution is -0.149. The fourth-order valence-electron chi connectivity index (χ4n) is 1.30. The van der Waals surface area contributed by atoms with Gasteiger partial charge in [0.05, 0.1) is 25.7 Å². The maximum atomic E-state index is 11.6. The van der Waals surface area contributed by atoms with Crippen LogP contribution in [0.15, 0.2) is 0 Å². The molecule has 2 N–H and O–H groups in total. The zero-order valence-corrected chi connectivity index (χ0v) is 9.43. The molecule has 1 heterocycles. The van der Waals surface area contributed by atoms with Crippen molar-refractivity contribution in [1.29, 1.82) is 0 Å². The van der Waals surface area contributed by atoms with Gasteiger partial charge in [0.2, 0.25) is 0 Å². The molecule has 0 radical (unpaired) electrons. The zero-order chi connectivity index (χ0) is 12.1. The van der Waals surface area contributed by atoms with Gasteiger partial charge >= 0.3 is 5.97 Å². The number of hydrogen-bond donors (Lipinski definition) is 2. The van der Waals surface area contributed by atoms with Crippen LogP contribution in [0.4, 0.5) is 0 Å². The number of hydrogen-bond acceptors (Lipinski definition) is 4. The predicted molar refractivity (Wildman–Crippen MR) is 55.0 cm³/mol. The molecule has 3 unspecified atom stereocenters. The summed E-state index contributed by atoms with van der Waals surface area (Å²) >= 11 is 0. The van der Waals surface area contributed by atoms with Gasteiger partial charge in [-0.1, -0.05) is 0 Å². The number of carbonyl (C=O) groups excluding carboxylic acids is 1. The SMILES string of the molecule is CC(NC(=O)C1COCCO1)C(C)C(=O)O. The van der Waals surface area contributed by atoms with E-state index in [1.165, 1.54) is 0 Å². The van der Waals surface area contributed by atoms with Crippen molar-refractivity contribution in [3.63, 3.8) is 0 Å². The van der Waals surface area contributed by atoms with Gasteiger partial charge in [0.1, 0.15) is 0 Å². The van der Waals surface area contributed by atoms with Crippen LogP contribution in [-0.4, -0.2) is 48.9 Å². The van der Waals surface area contributed by atoms with Crippen LogP contribution in [-0.2, 0) is 19.1 Å². The first kappa shape index (κ1) is 12.9. The summed E-state index contributed by atoms with van der Waals surface area (Å²) in [5.41, 5.74) is 0. The Morgan fingerprint density at radius 3 is 2.56 bits per heavy atom. The van der Waals surface area contributed by atoms with E-state index < -0.39 is 24.0 Å². The Morgan fingerprint density at radius 2 is 2.06 bits per heavy atom. The molecule has 6 nitrogen and oxygen atoms in total. The Hall–Kier alpha value is -1.14. The van der Waals surface area contributed by atoms with Gasteiger partial charge < -0.3 is 19.9 Å². The summed E-state index contributed by atoms with van der Waals surface area (Å²) in [5, 5.41) is 11.4. The van der Waals surface area contributed by atoms with E-state index in [1.54, 1.807) is 13.8 Å². The van der Waals surface area contributed by atoms with E-state index in [0.717, 1.165) is 0 Å². The zero-order valence-electron chi connectivity index (χ0n) is 9.43. The summed E-state index contributed by atoms with van der Waals surface area (Å²) in [4.78, 5) is 22.3. The second kappa shape index (κ2) is 5.81. The molecule has 1 amide bonds. The minimum Gasteiger partial charge on any atom is -0.481 e. The van der Waals surface area contributed by atoms with Gasteiger partial charge in [-0.05, 0) is 13.8 Å². The fourth-order valence-corrected chi connectivity index (χ4v) is 1.30. The smallest absolute Gasteiger partial charge is 0.308 e. The van der Waals surface area contributed by atoms with Crippen molar-refractivity contribution in [3.8, 4) is 0 Å². The maximum absolute atomic E-state index is 11.6. The van der Waals surface area contributed by atoms with Crippen LogP contribution >= 0.6 is 0 Å². The monoisotopic (exact) mass is 231 g/mol. The molecule has 1 fully saturated rings. The van der Waals surface area contributed by atoms with Crippen LogP contribution < -0.4 is 5.32 Å². The molecular formula is C10H17NO5. The molecule has 92 valence electrons. The molecule has 0 aliphatic carbocycles. The largest absolute Gasteiger partial charge is 0.481 e. The van der Waals surface area contributed by atoms with Gasteiger partial charge in [0.15, 0.2) is 6.10 Å². The number of rotatable bonds is 4. The minimum absolute atomic E-state index is 0.222. The first-order chi connectivity index (χ1) is 7.52. The van der Waals surface area contributed by atoms with E-state index in [-0.39, 0.29) is 12.5 Å². The first-order valence-corrected chi connectivity index (χ1v) is 5.25. The molecule has 1 saturated heterocycles. The third kappa shape index (κ3) is 3.46. The predicted octanol–water partition coefficient (Wildman–Crippen LogP) is -0.373. The van der Waals surface area contributed by atoms with Gasteiger partial charge in [-0.25, -0.2) is 0 Å². The van der Waals surface area contributed by atoms with Crippen molar-refractivity contribution < 1.29 is 24.2 Å². The summed E-state index contributed by atoms with van der Waals surface area (Å²) in [6.45, 7) is 4.30. The van der Waals surface area contributed by atoms with Crippen LogP contribution in [0.25, 0.3) is 0 Å². The highest BCUT2D eigenvalue weighted by Crippen LogP contribution is 2.05. The normalized spacial score (nSPS) is 24.5. The first-order valence-electron chi connectivity index (χ1n) is 5.25. The molecule has 1 rings (SSSR count). The highest BCUT2D eigenvalue weighted by molar-refractivity contribution is 5.82.